The summed E-state index contributed by atoms with van der Waals surface area (Å²) in [4.78, 5) is 13.7. The fraction of sp³-hybridized carbons (Fsp3) is 0.917. The number of piperazine rings is 1. The minimum atomic E-state index is 0.243. The van der Waals surface area contributed by atoms with E-state index in [1.54, 1.807) is 0 Å². The molecule has 1 amide bonds. The molecule has 1 saturated heterocycles. The average molecular weight is 226 g/mol. The highest BCUT2D eigenvalue weighted by molar-refractivity contribution is 5.76. The van der Waals surface area contributed by atoms with Crippen molar-refractivity contribution >= 4 is 5.91 Å². The molecule has 16 heavy (non-hydrogen) atoms. The van der Waals surface area contributed by atoms with Gasteiger partial charge in [-0.1, -0.05) is 12.8 Å². The Balaban J connectivity index is 1.48. The Hall–Kier alpha value is -0.610. The van der Waals surface area contributed by atoms with Crippen molar-refractivity contribution in [2.75, 3.05) is 39.4 Å². The van der Waals surface area contributed by atoms with Gasteiger partial charge in [-0.2, -0.15) is 0 Å². The number of rotatable bonds is 6. The van der Waals surface area contributed by atoms with Gasteiger partial charge in [0.05, 0.1) is 13.0 Å². The minimum absolute atomic E-state index is 0.243. The van der Waals surface area contributed by atoms with E-state index in [9.17, 15) is 4.79 Å². The van der Waals surface area contributed by atoms with E-state index in [0.717, 1.165) is 38.7 Å². The van der Waals surface area contributed by atoms with Crippen LogP contribution in [-0.2, 0) is 9.53 Å². The van der Waals surface area contributed by atoms with Gasteiger partial charge in [0, 0.05) is 32.8 Å². The summed E-state index contributed by atoms with van der Waals surface area (Å²) in [5.74, 6) is 1.16. The van der Waals surface area contributed by atoms with Crippen LogP contribution in [0.15, 0.2) is 0 Å². The Labute approximate surface area is 97.3 Å². The van der Waals surface area contributed by atoms with Crippen molar-refractivity contribution in [3.05, 3.63) is 0 Å². The lowest BCUT2D eigenvalue weighted by atomic mass is 10.3. The molecule has 0 bridgehead atoms. The summed E-state index contributed by atoms with van der Waals surface area (Å²) in [6.45, 7) is 4.97. The molecule has 1 N–H and O–H groups in total. The molecule has 1 heterocycles. The molecule has 4 heteroatoms. The van der Waals surface area contributed by atoms with Gasteiger partial charge in [0.25, 0.3) is 0 Å². The SMILES string of the molecule is O=C(CCOCCC1CC1)N1CCNCC1. The summed E-state index contributed by atoms with van der Waals surface area (Å²) in [7, 11) is 0. The summed E-state index contributed by atoms with van der Waals surface area (Å²) in [6.07, 6.45) is 4.48. The predicted octanol–water partition coefficient (Wildman–Crippen LogP) is 0.625. The summed E-state index contributed by atoms with van der Waals surface area (Å²) in [5.41, 5.74) is 0. The van der Waals surface area contributed by atoms with Crippen molar-refractivity contribution in [3.8, 4) is 0 Å². The first-order valence-electron chi connectivity index (χ1n) is 6.42. The Morgan fingerprint density at radius 2 is 2.00 bits per heavy atom. The van der Waals surface area contributed by atoms with Crippen LogP contribution < -0.4 is 5.32 Å². The molecule has 0 aromatic heterocycles. The van der Waals surface area contributed by atoms with Gasteiger partial charge in [0.1, 0.15) is 0 Å². The molecule has 0 spiro atoms. The molecule has 1 saturated carbocycles. The van der Waals surface area contributed by atoms with E-state index in [0.29, 0.717) is 13.0 Å². The molecule has 2 aliphatic rings. The third kappa shape index (κ3) is 4.10. The summed E-state index contributed by atoms with van der Waals surface area (Å²) >= 11 is 0. The van der Waals surface area contributed by atoms with Crippen LogP contribution in [-0.4, -0.2) is 50.2 Å². The molecule has 92 valence electrons. The maximum absolute atomic E-state index is 11.7. The number of hydrogen-bond acceptors (Lipinski definition) is 3. The molecule has 0 aromatic carbocycles. The highest BCUT2D eigenvalue weighted by Crippen LogP contribution is 2.32. The summed E-state index contributed by atoms with van der Waals surface area (Å²) in [6, 6.07) is 0. The highest BCUT2D eigenvalue weighted by Gasteiger charge is 2.20. The van der Waals surface area contributed by atoms with Crippen molar-refractivity contribution in [1.29, 1.82) is 0 Å². The van der Waals surface area contributed by atoms with Crippen LogP contribution in [0.5, 0.6) is 0 Å². The number of carbonyl (C=O) groups excluding carboxylic acids is 1. The van der Waals surface area contributed by atoms with Crippen LogP contribution in [0, 0.1) is 5.92 Å². The molecule has 0 unspecified atom stereocenters. The van der Waals surface area contributed by atoms with Gasteiger partial charge in [0.15, 0.2) is 0 Å². The summed E-state index contributed by atoms with van der Waals surface area (Å²) < 4.78 is 5.48. The maximum Gasteiger partial charge on any atom is 0.224 e. The standard InChI is InChI=1S/C12H22N2O2/c15-12(14-7-5-13-6-8-14)4-10-16-9-3-11-1-2-11/h11,13H,1-10H2. The van der Waals surface area contributed by atoms with E-state index < -0.39 is 0 Å². The minimum Gasteiger partial charge on any atom is -0.381 e. The fourth-order valence-electron chi connectivity index (χ4n) is 1.99. The molecule has 1 aliphatic heterocycles. The fourth-order valence-corrected chi connectivity index (χ4v) is 1.99. The molecule has 2 fully saturated rings. The molecule has 2 rings (SSSR count). The largest absolute Gasteiger partial charge is 0.381 e. The zero-order chi connectivity index (χ0) is 11.2. The van der Waals surface area contributed by atoms with Crippen LogP contribution in [0.25, 0.3) is 0 Å². The highest BCUT2D eigenvalue weighted by atomic mass is 16.5. The monoisotopic (exact) mass is 226 g/mol. The quantitative estimate of drug-likeness (QED) is 0.675. The van der Waals surface area contributed by atoms with E-state index in [1.807, 2.05) is 4.90 Å². The predicted molar refractivity (Wildman–Crippen MR) is 62.2 cm³/mol. The number of nitrogens with one attached hydrogen (secondary N) is 1. The van der Waals surface area contributed by atoms with E-state index in [-0.39, 0.29) is 5.91 Å². The van der Waals surface area contributed by atoms with Crippen LogP contribution in [0.2, 0.25) is 0 Å². The number of hydrogen-bond donors (Lipinski definition) is 1. The maximum atomic E-state index is 11.7. The van der Waals surface area contributed by atoms with E-state index in [1.165, 1.54) is 19.3 Å². The normalized spacial score (nSPS) is 21.1. The van der Waals surface area contributed by atoms with Crippen molar-refractivity contribution in [3.63, 3.8) is 0 Å². The average Bonchev–Trinajstić information content (AvgIpc) is 3.13. The third-order valence-electron chi connectivity index (χ3n) is 3.30. The smallest absolute Gasteiger partial charge is 0.224 e. The third-order valence-corrected chi connectivity index (χ3v) is 3.30. The van der Waals surface area contributed by atoms with Gasteiger partial charge < -0.3 is 15.0 Å². The topological polar surface area (TPSA) is 41.6 Å². The van der Waals surface area contributed by atoms with E-state index in [2.05, 4.69) is 5.32 Å². The zero-order valence-electron chi connectivity index (χ0n) is 9.91. The lowest BCUT2D eigenvalue weighted by Gasteiger charge is -2.27. The van der Waals surface area contributed by atoms with Gasteiger partial charge in [0.2, 0.25) is 5.91 Å². The Kier molecular flexibility index (Phi) is 4.60. The first kappa shape index (κ1) is 11.9. The Bertz CT molecular complexity index is 223. The van der Waals surface area contributed by atoms with Gasteiger partial charge >= 0.3 is 0 Å². The van der Waals surface area contributed by atoms with Gasteiger partial charge in [-0.25, -0.2) is 0 Å². The number of carbonyl (C=O) groups is 1. The van der Waals surface area contributed by atoms with Crippen LogP contribution >= 0.6 is 0 Å². The van der Waals surface area contributed by atoms with Gasteiger partial charge in [-0.05, 0) is 12.3 Å². The lowest BCUT2D eigenvalue weighted by molar-refractivity contribution is -0.132. The Morgan fingerprint density at radius 3 is 2.69 bits per heavy atom. The second-order valence-electron chi connectivity index (χ2n) is 4.73. The molecule has 0 radical (unpaired) electrons. The van der Waals surface area contributed by atoms with Crippen molar-refractivity contribution < 1.29 is 9.53 Å². The van der Waals surface area contributed by atoms with Gasteiger partial charge in [-0.15, -0.1) is 0 Å². The van der Waals surface area contributed by atoms with Gasteiger partial charge in [-0.3, -0.25) is 4.79 Å². The van der Waals surface area contributed by atoms with Crippen LogP contribution in [0.4, 0.5) is 0 Å². The van der Waals surface area contributed by atoms with Crippen LogP contribution in [0.3, 0.4) is 0 Å². The first-order chi connectivity index (χ1) is 7.86. The Morgan fingerprint density at radius 1 is 1.25 bits per heavy atom. The molecule has 0 atom stereocenters. The molecule has 0 aromatic rings. The van der Waals surface area contributed by atoms with Crippen molar-refractivity contribution in [1.82, 2.24) is 10.2 Å². The number of amides is 1. The first-order valence-corrected chi connectivity index (χ1v) is 6.42. The number of nitrogens with zero attached hydrogens (tertiary/aromatic N) is 1. The van der Waals surface area contributed by atoms with Crippen molar-refractivity contribution in [2.24, 2.45) is 5.92 Å². The lowest BCUT2D eigenvalue weighted by Crippen LogP contribution is -2.46. The number of ether oxygens (including phenoxy) is 1. The molecular formula is C12H22N2O2. The summed E-state index contributed by atoms with van der Waals surface area (Å²) in [5, 5.41) is 3.24. The second kappa shape index (κ2) is 6.21. The van der Waals surface area contributed by atoms with Crippen molar-refractivity contribution in [2.45, 2.75) is 25.7 Å². The molecule has 4 nitrogen and oxygen atoms in total. The van der Waals surface area contributed by atoms with E-state index >= 15 is 0 Å². The molecule has 1 aliphatic carbocycles. The van der Waals surface area contributed by atoms with Crippen LogP contribution in [0.1, 0.15) is 25.7 Å². The van der Waals surface area contributed by atoms with E-state index in [4.69, 9.17) is 4.74 Å². The zero-order valence-corrected chi connectivity index (χ0v) is 9.91. The molecular weight excluding hydrogens is 204 g/mol. The second-order valence-corrected chi connectivity index (χ2v) is 4.73.